The minimum absolute atomic E-state index is 0.0637. The van der Waals surface area contributed by atoms with Crippen molar-refractivity contribution in [2.45, 2.75) is 58.1 Å². The van der Waals surface area contributed by atoms with Crippen molar-refractivity contribution in [1.82, 2.24) is 10.2 Å². The minimum atomic E-state index is -0.486. The van der Waals surface area contributed by atoms with E-state index in [0.29, 0.717) is 0 Å². The Morgan fingerprint density at radius 2 is 2.00 bits per heavy atom. The number of carbonyl (C=O) groups excluding carboxylic acids is 2. The predicted molar refractivity (Wildman–Crippen MR) is 73.7 cm³/mol. The molecule has 1 atom stereocenters. The minimum Gasteiger partial charge on any atom is -0.460 e. The molecule has 1 aliphatic heterocycles. The van der Waals surface area contributed by atoms with E-state index in [0.717, 1.165) is 25.9 Å². The summed E-state index contributed by atoms with van der Waals surface area (Å²) < 4.78 is 5.17. The first-order valence-electron chi connectivity index (χ1n) is 6.96. The number of hydrogen-bond donors (Lipinski definition) is 1. The highest BCUT2D eigenvalue weighted by Gasteiger charge is 2.20. The number of amides is 1. The van der Waals surface area contributed by atoms with Crippen molar-refractivity contribution in [2.24, 2.45) is 0 Å². The van der Waals surface area contributed by atoms with Crippen LogP contribution in [0.15, 0.2) is 0 Å². The maximum atomic E-state index is 11.8. The van der Waals surface area contributed by atoms with E-state index in [4.69, 9.17) is 4.74 Å². The average molecular weight is 270 g/mol. The summed E-state index contributed by atoms with van der Waals surface area (Å²) in [6.45, 7) is 7.44. The smallest absolute Gasteiger partial charge is 0.306 e. The van der Waals surface area contributed by atoms with Crippen molar-refractivity contribution < 1.29 is 14.3 Å². The maximum Gasteiger partial charge on any atom is 0.306 e. The molecule has 0 aliphatic carbocycles. The number of nitrogens with one attached hydrogen (secondary N) is 1. The van der Waals surface area contributed by atoms with Crippen LogP contribution >= 0.6 is 0 Å². The summed E-state index contributed by atoms with van der Waals surface area (Å²) >= 11 is 0. The van der Waals surface area contributed by atoms with E-state index in [9.17, 15) is 9.59 Å². The van der Waals surface area contributed by atoms with Gasteiger partial charge in [-0.05, 0) is 47.2 Å². The summed E-state index contributed by atoms with van der Waals surface area (Å²) in [6.07, 6.45) is 2.47. The van der Waals surface area contributed by atoms with Crippen molar-refractivity contribution in [3.05, 3.63) is 0 Å². The highest BCUT2D eigenvalue weighted by Crippen LogP contribution is 2.10. The van der Waals surface area contributed by atoms with Crippen LogP contribution in [0.5, 0.6) is 0 Å². The van der Waals surface area contributed by atoms with E-state index in [1.54, 1.807) is 0 Å². The molecule has 0 bridgehead atoms. The van der Waals surface area contributed by atoms with Crippen LogP contribution < -0.4 is 5.32 Å². The van der Waals surface area contributed by atoms with Crippen LogP contribution in [0.2, 0.25) is 0 Å². The van der Waals surface area contributed by atoms with E-state index in [2.05, 4.69) is 17.3 Å². The van der Waals surface area contributed by atoms with E-state index >= 15 is 0 Å². The SMILES string of the molecule is CN1CCCC(NC(=O)CCC(=O)OC(C)(C)C)C1. The van der Waals surface area contributed by atoms with E-state index in [-0.39, 0.29) is 30.8 Å². The molecule has 0 aromatic heterocycles. The largest absolute Gasteiger partial charge is 0.460 e. The van der Waals surface area contributed by atoms with Gasteiger partial charge in [-0.15, -0.1) is 0 Å². The number of piperidine rings is 1. The zero-order valence-corrected chi connectivity index (χ0v) is 12.5. The molecule has 5 heteroatoms. The Morgan fingerprint density at radius 3 is 2.58 bits per heavy atom. The molecule has 1 N–H and O–H groups in total. The van der Waals surface area contributed by atoms with Crippen molar-refractivity contribution in [3.8, 4) is 0 Å². The lowest BCUT2D eigenvalue weighted by atomic mass is 10.1. The van der Waals surface area contributed by atoms with Gasteiger partial charge in [-0.25, -0.2) is 0 Å². The fourth-order valence-corrected chi connectivity index (χ4v) is 2.19. The molecule has 19 heavy (non-hydrogen) atoms. The molecule has 1 amide bonds. The lowest BCUT2D eigenvalue weighted by Gasteiger charge is -2.30. The zero-order valence-electron chi connectivity index (χ0n) is 12.5. The number of carbonyl (C=O) groups is 2. The fourth-order valence-electron chi connectivity index (χ4n) is 2.19. The van der Waals surface area contributed by atoms with Gasteiger partial charge in [0, 0.05) is 19.0 Å². The first kappa shape index (κ1) is 16.0. The highest BCUT2D eigenvalue weighted by molar-refractivity contribution is 5.81. The molecule has 0 spiro atoms. The molecular weight excluding hydrogens is 244 g/mol. The molecule has 1 heterocycles. The molecule has 110 valence electrons. The van der Waals surface area contributed by atoms with Crippen molar-refractivity contribution in [3.63, 3.8) is 0 Å². The lowest BCUT2D eigenvalue weighted by molar-refractivity contribution is -0.155. The topological polar surface area (TPSA) is 58.6 Å². The van der Waals surface area contributed by atoms with Gasteiger partial charge in [0.25, 0.3) is 0 Å². The van der Waals surface area contributed by atoms with E-state index < -0.39 is 5.60 Å². The number of hydrogen-bond acceptors (Lipinski definition) is 4. The second-order valence-electron chi connectivity index (χ2n) is 6.26. The van der Waals surface area contributed by atoms with Gasteiger partial charge >= 0.3 is 5.97 Å². The molecule has 0 aromatic rings. The molecule has 1 saturated heterocycles. The molecule has 0 radical (unpaired) electrons. The van der Waals surface area contributed by atoms with Gasteiger partial charge in [0.2, 0.25) is 5.91 Å². The second-order valence-corrected chi connectivity index (χ2v) is 6.26. The molecule has 1 fully saturated rings. The first-order chi connectivity index (χ1) is 8.76. The molecule has 5 nitrogen and oxygen atoms in total. The Hall–Kier alpha value is -1.10. The van der Waals surface area contributed by atoms with Crippen LogP contribution in [0.25, 0.3) is 0 Å². The number of nitrogens with zero attached hydrogens (tertiary/aromatic N) is 1. The third kappa shape index (κ3) is 7.15. The third-order valence-corrected chi connectivity index (χ3v) is 2.97. The van der Waals surface area contributed by atoms with Crippen LogP contribution in [-0.4, -0.2) is 48.6 Å². The van der Waals surface area contributed by atoms with Crippen molar-refractivity contribution in [2.75, 3.05) is 20.1 Å². The molecule has 0 saturated carbocycles. The van der Waals surface area contributed by atoms with Gasteiger partial charge in [-0.2, -0.15) is 0 Å². The maximum absolute atomic E-state index is 11.8. The fraction of sp³-hybridized carbons (Fsp3) is 0.857. The summed E-state index contributed by atoms with van der Waals surface area (Å²) in [5.74, 6) is -0.380. The molecular formula is C14H26N2O3. The van der Waals surface area contributed by atoms with E-state index in [1.165, 1.54) is 0 Å². The van der Waals surface area contributed by atoms with Crippen molar-refractivity contribution in [1.29, 1.82) is 0 Å². The molecule has 1 aliphatic rings. The number of rotatable bonds is 4. The predicted octanol–water partition coefficient (Wildman–Crippen LogP) is 1.32. The normalized spacial score (nSPS) is 20.9. The number of likely N-dealkylation sites (N-methyl/N-ethyl adjacent to an activating group) is 1. The average Bonchev–Trinajstić information content (AvgIpc) is 2.24. The van der Waals surface area contributed by atoms with Gasteiger partial charge in [-0.1, -0.05) is 0 Å². The van der Waals surface area contributed by atoms with Gasteiger partial charge in [-0.3, -0.25) is 9.59 Å². The van der Waals surface area contributed by atoms with Gasteiger partial charge in [0.15, 0.2) is 0 Å². The van der Waals surface area contributed by atoms with Crippen LogP contribution in [-0.2, 0) is 14.3 Å². The summed E-state index contributed by atoms with van der Waals surface area (Å²) in [5.41, 5.74) is -0.486. The van der Waals surface area contributed by atoms with Gasteiger partial charge < -0.3 is 15.0 Å². The summed E-state index contributed by atoms with van der Waals surface area (Å²) in [7, 11) is 2.05. The number of likely N-dealkylation sites (tertiary alicyclic amines) is 1. The monoisotopic (exact) mass is 270 g/mol. The standard InChI is InChI=1S/C14H26N2O3/c1-14(2,3)19-13(18)8-7-12(17)15-11-6-5-9-16(4)10-11/h11H,5-10H2,1-4H3,(H,15,17). The van der Waals surface area contributed by atoms with Crippen LogP contribution in [0.3, 0.4) is 0 Å². The lowest BCUT2D eigenvalue weighted by Crippen LogP contribution is -2.46. The number of ether oxygens (including phenoxy) is 1. The summed E-state index contributed by atoms with van der Waals surface area (Å²) in [6, 6.07) is 0.213. The Morgan fingerprint density at radius 1 is 1.32 bits per heavy atom. The second kappa shape index (κ2) is 6.89. The Labute approximate surface area is 115 Å². The van der Waals surface area contributed by atoms with Crippen molar-refractivity contribution >= 4 is 11.9 Å². The van der Waals surface area contributed by atoms with Crippen LogP contribution in [0.4, 0.5) is 0 Å². The molecule has 1 rings (SSSR count). The first-order valence-corrected chi connectivity index (χ1v) is 6.96. The van der Waals surface area contributed by atoms with Crippen LogP contribution in [0.1, 0.15) is 46.5 Å². The van der Waals surface area contributed by atoms with Crippen LogP contribution in [0, 0.1) is 0 Å². The number of esters is 1. The quantitative estimate of drug-likeness (QED) is 0.783. The summed E-state index contributed by atoms with van der Waals surface area (Å²) in [4.78, 5) is 25.5. The third-order valence-electron chi connectivity index (χ3n) is 2.97. The Kier molecular flexibility index (Phi) is 5.79. The Balaban J connectivity index is 2.22. The Bertz CT molecular complexity index is 323. The summed E-state index contributed by atoms with van der Waals surface area (Å²) in [5, 5.41) is 2.98. The highest BCUT2D eigenvalue weighted by atomic mass is 16.6. The van der Waals surface area contributed by atoms with Gasteiger partial charge in [0.1, 0.15) is 5.60 Å². The molecule has 1 unspecified atom stereocenters. The van der Waals surface area contributed by atoms with E-state index in [1.807, 2.05) is 20.8 Å². The zero-order chi connectivity index (χ0) is 14.5. The molecule has 0 aromatic carbocycles. The van der Waals surface area contributed by atoms with Gasteiger partial charge in [0.05, 0.1) is 6.42 Å².